The number of carbonyl (C=O) groups is 2. The van der Waals surface area contributed by atoms with Crippen molar-refractivity contribution < 1.29 is 24.0 Å². The number of nitrogens with zero attached hydrogens (tertiary/aromatic N) is 1. The molecule has 0 fully saturated rings. The number of nitrogens with one attached hydrogen (secondary N) is 1. The van der Waals surface area contributed by atoms with Crippen molar-refractivity contribution >= 4 is 40.9 Å². The number of anilines is 1. The molecule has 2 aromatic rings. The highest BCUT2D eigenvalue weighted by Gasteiger charge is 2.18. The van der Waals surface area contributed by atoms with E-state index in [1.165, 1.54) is 31.4 Å². The lowest BCUT2D eigenvalue weighted by Gasteiger charge is -2.10. The molecule has 28 heavy (non-hydrogen) atoms. The van der Waals surface area contributed by atoms with E-state index in [0.29, 0.717) is 16.3 Å². The Bertz CT molecular complexity index is 925. The minimum atomic E-state index is -0.692. The van der Waals surface area contributed by atoms with E-state index >= 15 is 0 Å². The van der Waals surface area contributed by atoms with E-state index in [9.17, 15) is 19.7 Å². The highest BCUT2D eigenvalue weighted by Crippen LogP contribution is 2.32. The standard InChI is InChI=1S/C19H17ClN2O6/c1-12-9-16(22(25)26)17(27-2)10-15(12)21-18(23)11-28-19(24)8-5-13-3-6-14(20)7-4-13/h3-10H,11H2,1-2H3,(H,21,23). The molecule has 0 bridgehead atoms. The van der Waals surface area contributed by atoms with E-state index < -0.39 is 23.4 Å². The molecule has 0 aliphatic rings. The van der Waals surface area contributed by atoms with E-state index in [-0.39, 0.29) is 11.4 Å². The Kier molecular flexibility index (Phi) is 7.11. The molecule has 0 aromatic heterocycles. The van der Waals surface area contributed by atoms with Gasteiger partial charge in [0.25, 0.3) is 5.91 Å². The number of amides is 1. The second-order valence-electron chi connectivity index (χ2n) is 5.64. The largest absolute Gasteiger partial charge is 0.490 e. The Labute approximate surface area is 165 Å². The number of ether oxygens (including phenoxy) is 2. The molecule has 0 aliphatic heterocycles. The first kappa shape index (κ1) is 20.9. The van der Waals surface area contributed by atoms with Crippen molar-refractivity contribution in [2.75, 3.05) is 19.0 Å². The number of hydrogen-bond donors (Lipinski definition) is 1. The molecule has 0 radical (unpaired) electrons. The summed E-state index contributed by atoms with van der Waals surface area (Å²) in [6, 6.07) is 9.44. The van der Waals surface area contributed by atoms with Crippen molar-refractivity contribution in [2.45, 2.75) is 6.92 Å². The summed E-state index contributed by atoms with van der Waals surface area (Å²) in [4.78, 5) is 34.1. The quantitative estimate of drug-likeness (QED) is 0.326. The number of carbonyl (C=O) groups excluding carboxylic acids is 2. The lowest BCUT2D eigenvalue weighted by atomic mass is 10.1. The number of nitro groups is 1. The molecule has 0 unspecified atom stereocenters. The van der Waals surface area contributed by atoms with Crippen LogP contribution >= 0.6 is 11.6 Å². The number of methoxy groups -OCH3 is 1. The maximum absolute atomic E-state index is 12.0. The van der Waals surface area contributed by atoms with Gasteiger partial charge in [-0.1, -0.05) is 23.7 Å². The predicted molar refractivity (Wildman–Crippen MR) is 104 cm³/mol. The molecule has 0 saturated carbocycles. The summed E-state index contributed by atoms with van der Waals surface area (Å²) in [5.41, 5.74) is 1.33. The molecular weight excluding hydrogens is 388 g/mol. The summed E-state index contributed by atoms with van der Waals surface area (Å²) in [5.74, 6) is -1.27. The average molecular weight is 405 g/mol. The number of aryl methyl sites for hydroxylation is 1. The van der Waals surface area contributed by atoms with Crippen LogP contribution in [0, 0.1) is 17.0 Å². The van der Waals surface area contributed by atoms with Gasteiger partial charge in [0.2, 0.25) is 0 Å². The van der Waals surface area contributed by atoms with Gasteiger partial charge < -0.3 is 14.8 Å². The second kappa shape index (κ2) is 9.52. The van der Waals surface area contributed by atoms with Crippen molar-refractivity contribution in [3.05, 3.63) is 68.7 Å². The smallest absolute Gasteiger partial charge is 0.331 e. The van der Waals surface area contributed by atoms with Crippen molar-refractivity contribution in [1.82, 2.24) is 0 Å². The third-order valence-corrected chi connectivity index (χ3v) is 3.88. The summed E-state index contributed by atoms with van der Waals surface area (Å²) in [6.45, 7) is 1.09. The maximum Gasteiger partial charge on any atom is 0.331 e. The van der Waals surface area contributed by atoms with E-state index in [0.717, 1.165) is 5.56 Å². The Morgan fingerprint density at radius 3 is 2.54 bits per heavy atom. The predicted octanol–water partition coefficient (Wildman–Crippen LogP) is 3.76. The van der Waals surface area contributed by atoms with Crippen LogP contribution in [0.2, 0.25) is 5.02 Å². The molecule has 9 heteroatoms. The molecule has 0 atom stereocenters. The van der Waals surface area contributed by atoms with Crippen LogP contribution in [0.1, 0.15) is 11.1 Å². The van der Waals surface area contributed by atoms with Gasteiger partial charge in [0.05, 0.1) is 12.0 Å². The average Bonchev–Trinajstić information content (AvgIpc) is 2.67. The fourth-order valence-corrected chi connectivity index (χ4v) is 2.35. The van der Waals surface area contributed by atoms with Gasteiger partial charge in [-0.3, -0.25) is 14.9 Å². The zero-order valence-electron chi connectivity index (χ0n) is 15.1. The van der Waals surface area contributed by atoms with Crippen LogP contribution in [0.3, 0.4) is 0 Å². The normalized spacial score (nSPS) is 10.5. The third kappa shape index (κ3) is 5.82. The first-order valence-corrected chi connectivity index (χ1v) is 8.41. The Hall–Kier alpha value is -3.39. The fraction of sp³-hybridized carbons (Fsp3) is 0.158. The minimum absolute atomic E-state index is 0.00814. The number of hydrogen-bond acceptors (Lipinski definition) is 6. The molecule has 0 spiro atoms. The Morgan fingerprint density at radius 2 is 1.93 bits per heavy atom. The lowest BCUT2D eigenvalue weighted by Crippen LogP contribution is -2.20. The molecule has 2 aromatic carbocycles. The van der Waals surface area contributed by atoms with Crippen LogP contribution in [-0.2, 0) is 14.3 Å². The monoisotopic (exact) mass is 404 g/mol. The van der Waals surface area contributed by atoms with Crippen molar-refractivity contribution in [1.29, 1.82) is 0 Å². The molecular formula is C19H17ClN2O6. The molecule has 146 valence electrons. The molecule has 8 nitrogen and oxygen atoms in total. The summed E-state index contributed by atoms with van der Waals surface area (Å²) >= 11 is 5.78. The van der Waals surface area contributed by atoms with Crippen LogP contribution < -0.4 is 10.1 Å². The number of benzene rings is 2. The van der Waals surface area contributed by atoms with Gasteiger partial charge in [-0.05, 0) is 36.3 Å². The Morgan fingerprint density at radius 1 is 1.25 bits per heavy atom. The van der Waals surface area contributed by atoms with Crippen LogP contribution in [0.4, 0.5) is 11.4 Å². The third-order valence-electron chi connectivity index (χ3n) is 3.62. The van der Waals surface area contributed by atoms with E-state index in [1.54, 1.807) is 31.2 Å². The van der Waals surface area contributed by atoms with Gasteiger partial charge in [0.15, 0.2) is 12.4 Å². The summed E-state index contributed by atoms with van der Waals surface area (Å²) < 4.78 is 9.84. The number of nitro benzene ring substituents is 1. The van der Waals surface area contributed by atoms with E-state index in [1.807, 2.05) is 0 Å². The van der Waals surface area contributed by atoms with Crippen molar-refractivity contribution in [3.8, 4) is 5.75 Å². The van der Waals surface area contributed by atoms with Gasteiger partial charge in [0.1, 0.15) is 0 Å². The van der Waals surface area contributed by atoms with Crippen molar-refractivity contribution in [2.24, 2.45) is 0 Å². The van der Waals surface area contributed by atoms with Crippen LogP contribution in [0.15, 0.2) is 42.5 Å². The van der Waals surface area contributed by atoms with Gasteiger partial charge in [-0.15, -0.1) is 0 Å². The second-order valence-corrected chi connectivity index (χ2v) is 6.07. The van der Waals surface area contributed by atoms with Crippen LogP contribution in [0.25, 0.3) is 6.08 Å². The zero-order valence-corrected chi connectivity index (χ0v) is 15.9. The first-order chi connectivity index (χ1) is 13.3. The van der Waals surface area contributed by atoms with E-state index in [4.69, 9.17) is 21.1 Å². The summed E-state index contributed by atoms with van der Waals surface area (Å²) in [5, 5.41) is 14.1. The lowest BCUT2D eigenvalue weighted by molar-refractivity contribution is -0.385. The molecule has 0 saturated heterocycles. The van der Waals surface area contributed by atoms with Crippen LogP contribution in [0.5, 0.6) is 5.75 Å². The highest BCUT2D eigenvalue weighted by molar-refractivity contribution is 6.30. The SMILES string of the molecule is COc1cc(NC(=O)COC(=O)C=Cc2ccc(Cl)cc2)c(C)cc1[N+](=O)[O-]. The zero-order chi connectivity index (χ0) is 20.7. The van der Waals surface area contributed by atoms with Gasteiger partial charge in [0, 0.05) is 28.9 Å². The summed E-state index contributed by atoms with van der Waals surface area (Å²) in [6.07, 6.45) is 2.72. The fourth-order valence-electron chi connectivity index (χ4n) is 2.22. The topological polar surface area (TPSA) is 108 Å². The Balaban J connectivity index is 1.94. The van der Waals surface area contributed by atoms with Crippen LogP contribution in [-0.4, -0.2) is 30.5 Å². The highest BCUT2D eigenvalue weighted by atomic mass is 35.5. The van der Waals surface area contributed by atoms with Gasteiger partial charge in [-0.25, -0.2) is 4.79 Å². The van der Waals surface area contributed by atoms with Crippen molar-refractivity contribution in [3.63, 3.8) is 0 Å². The molecule has 2 rings (SSSR count). The van der Waals surface area contributed by atoms with Gasteiger partial charge in [-0.2, -0.15) is 0 Å². The summed E-state index contributed by atoms with van der Waals surface area (Å²) in [7, 11) is 1.29. The number of rotatable bonds is 7. The number of halogens is 1. The molecule has 1 amide bonds. The maximum atomic E-state index is 12.0. The first-order valence-electron chi connectivity index (χ1n) is 8.03. The molecule has 1 N–H and O–H groups in total. The minimum Gasteiger partial charge on any atom is -0.490 e. The van der Waals surface area contributed by atoms with Gasteiger partial charge >= 0.3 is 11.7 Å². The molecule has 0 aliphatic carbocycles. The molecule has 0 heterocycles. The van der Waals surface area contributed by atoms with E-state index in [2.05, 4.69) is 5.32 Å². The number of esters is 1.